The van der Waals surface area contributed by atoms with Crippen molar-refractivity contribution in [3.05, 3.63) is 34.3 Å². The van der Waals surface area contributed by atoms with Crippen molar-refractivity contribution in [2.24, 2.45) is 0 Å². The lowest BCUT2D eigenvalue weighted by atomic mass is 10.0. The number of rotatable bonds is 4. The van der Waals surface area contributed by atoms with Crippen LogP contribution in [-0.4, -0.2) is 44.1 Å². The molecule has 1 amide bonds. The Morgan fingerprint density at radius 1 is 1.29 bits per heavy atom. The molecule has 21 heavy (non-hydrogen) atoms. The lowest BCUT2D eigenvalue weighted by Crippen LogP contribution is -2.46. The first-order chi connectivity index (χ1) is 9.91. The van der Waals surface area contributed by atoms with Crippen LogP contribution in [0.2, 0.25) is 0 Å². The average molecular weight is 375 g/mol. The summed E-state index contributed by atoms with van der Waals surface area (Å²) in [6, 6.07) is 7.20. The number of hydrogen-bond donors (Lipinski definition) is 1. The summed E-state index contributed by atoms with van der Waals surface area (Å²) in [5.74, 6) is 0.0877. The van der Waals surface area contributed by atoms with Crippen molar-refractivity contribution in [1.82, 2.24) is 9.62 Å². The Hall–Kier alpha value is -0.920. The van der Waals surface area contributed by atoms with Gasteiger partial charge in [-0.1, -0.05) is 15.9 Å². The van der Waals surface area contributed by atoms with Crippen molar-refractivity contribution < 1.29 is 13.2 Å². The number of carbonyl (C=O) groups excluding carboxylic acids is 1. The number of halogens is 1. The molecule has 1 saturated heterocycles. The maximum Gasteiger partial charge on any atom is 0.253 e. The summed E-state index contributed by atoms with van der Waals surface area (Å²) < 4.78 is 26.7. The van der Waals surface area contributed by atoms with Crippen LogP contribution in [0.3, 0.4) is 0 Å². The number of piperidine rings is 1. The monoisotopic (exact) mass is 374 g/mol. The van der Waals surface area contributed by atoms with E-state index in [0.29, 0.717) is 31.5 Å². The molecular formula is C14H19BrN2O3S. The molecule has 5 nitrogen and oxygen atoms in total. The molecule has 0 saturated carbocycles. The molecule has 0 aromatic heterocycles. The SMILES string of the molecule is CCS(=O)(=O)NC1CCN(C(=O)c2ccc(Br)cc2)CC1. The predicted octanol–water partition coefficient (Wildman–Crippen LogP) is 1.99. The van der Waals surface area contributed by atoms with Gasteiger partial charge in [-0.05, 0) is 44.0 Å². The van der Waals surface area contributed by atoms with E-state index in [-0.39, 0.29) is 17.7 Å². The van der Waals surface area contributed by atoms with E-state index in [1.807, 2.05) is 12.1 Å². The average Bonchev–Trinajstić information content (AvgIpc) is 2.48. The Bertz CT molecular complexity index is 593. The highest BCUT2D eigenvalue weighted by atomic mass is 79.9. The van der Waals surface area contributed by atoms with Crippen LogP contribution in [0.4, 0.5) is 0 Å². The largest absolute Gasteiger partial charge is 0.339 e. The number of nitrogens with one attached hydrogen (secondary N) is 1. The molecule has 1 aliphatic heterocycles. The van der Waals surface area contributed by atoms with Gasteiger partial charge in [0, 0.05) is 29.2 Å². The van der Waals surface area contributed by atoms with Crippen LogP contribution in [0.25, 0.3) is 0 Å². The third-order valence-electron chi connectivity index (χ3n) is 3.60. The fourth-order valence-electron chi connectivity index (χ4n) is 2.31. The third kappa shape index (κ3) is 4.52. The van der Waals surface area contributed by atoms with Crippen molar-refractivity contribution in [1.29, 1.82) is 0 Å². The van der Waals surface area contributed by atoms with Crippen LogP contribution in [0.1, 0.15) is 30.1 Å². The Kier molecular flexibility index (Phi) is 5.40. The number of hydrogen-bond acceptors (Lipinski definition) is 3. The van der Waals surface area contributed by atoms with Gasteiger partial charge in [-0.2, -0.15) is 0 Å². The van der Waals surface area contributed by atoms with Gasteiger partial charge in [-0.25, -0.2) is 13.1 Å². The lowest BCUT2D eigenvalue weighted by Gasteiger charge is -2.32. The third-order valence-corrected chi connectivity index (χ3v) is 5.58. The maximum absolute atomic E-state index is 12.3. The van der Waals surface area contributed by atoms with E-state index >= 15 is 0 Å². The number of sulfonamides is 1. The molecule has 1 aliphatic rings. The second-order valence-electron chi connectivity index (χ2n) is 5.09. The van der Waals surface area contributed by atoms with Gasteiger partial charge in [0.15, 0.2) is 0 Å². The summed E-state index contributed by atoms with van der Waals surface area (Å²) in [7, 11) is -3.17. The van der Waals surface area contributed by atoms with Gasteiger partial charge >= 0.3 is 0 Å². The Morgan fingerprint density at radius 3 is 2.38 bits per heavy atom. The van der Waals surface area contributed by atoms with Crippen molar-refractivity contribution in [2.75, 3.05) is 18.8 Å². The number of nitrogens with zero attached hydrogens (tertiary/aromatic N) is 1. The fraction of sp³-hybridized carbons (Fsp3) is 0.500. The molecule has 0 unspecified atom stereocenters. The van der Waals surface area contributed by atoms with Gasteiger partial charge in [-0.3, -0.25) is 4.79 Å². The van der Waals surface area contributed by atoms with Crippen LogP contribution >= 0.6 is 15.9 Å². The molecule has 1 heterocycles. The fourth-order valence-corrected chi connectivity index (χ4v) is 3.49. The first-order valence-corrected chi connectivity index (χ1v) is 9.40. The zero-order chi connectivity index (χ0) is 15.5. The van der Waals surface area contributed by atoms with Crippen molar-refractivity contribution in [2.45, 2.75) is 25.8 Å². The predicted molar refractivity (Wildman–Crippen MR) is 85.7 cm³/mol. The molecule has 0 aliphatic carbocycles. The Morgan fingerprint density at radius 2 is 1.86 bits per heavy atom. The number of amides is 1. The quantitative estimate of drug-likeness (QED) is 0.876. The second kappa shape index (κ2) is 6.89. The molecule has 0 bridgehead atoms. The van der Waals surface area contributed by atoms with Gasteiger partial charge in [0.2, 0.25) is 10.0 Å². The highest BCUT2D eigenvalue weighted by Crippen LogP contribution is 2.16. The number of benzene rings is 1. The summed E-state index contributed by atoms with van der Waals surface area (Å²) in [5, 5.41) is 0. The van der Waals surface area contributed by atoms with E-state index in [1.165, 1.54) is 0 Å². The van der Waals surface area contributed by atoms with Crippen molar-refractivity contribution in [3.8, 4) is 0 Å². The minimum atomic E-state index is -3.17. The topological polar surface area (TPSA) is 66.5 Å². The van der Waals surface area contributed by atoms with Crippen LogP contribution in [0.15, 0.2) is 28.7 Å². The van der Waals surface area contributed by atoms with Gasteiger partial charge in [0.05, 0.1) is 5.75 Å². The molecule has 1 aromatic carbocycles. The Balaban J connectivity index is 1.92. The summed E-state index contributed by atoms with van der Waals surface area (Å²) >= 11 is 3.34. The van der Waals surface area contributed by atoms with Gasteiger partial charge in [0.25, 0.3) is 5.91 Å². The normalized spacial score (nSPS) is 17.0. The zero-order valence-corrected chi connectivity index (χ0v) is 14.3. The molecule has 0 radical (unpaired) electrons. The first-order valence-electron chi connectivity index (χ1n) is 6.96. The second-order valence-corrected chi connectivity index (χ2v) is 8.05. The summed E-state index contributed by atoms with van der Waals surface area (Å²) in [5.41, 5.74) is 0.658. The minimum Gasteiger partial charge on any atom is -0.339 e. The smallest absolute Gasteiger partial charge is 0.253 e. The number of likely N-dealkylation sites (tertiary alicyclic amines) is 1. The molecular weight excluding hydrogens is 356 g/mol. The van der Waals surface area contributed by atoms with Crippen LogP contribution in [-0.2, 0) is 10.0 Å². The molecule has 1 fully saturated rings. The van der Waals surface area contributed by atoms with Crippen LogP contribution < -0.4 is 4.72 Å². The van der Waals surface area contributed by atoms with E-state index in [2.05, 4.69) is 20.7 Å². The molecule has 0 atom stereocenters. The molecule has 2 rings (SSSR count). The molecule has 1 N–H and O–H groups in total. The van der Waals surface area contributed by atoms with Crippen LogP contribution in [0.5, 0.6) is 0 Å². The van der Waals surface area contributed by atoms with E-state index in [1.54, 1.807) is 24.0 Å². The minimum absolute atomic E-state index is 0.000649. The molecule has 7 heteroatoms. The van der Waals surface area contributed by atoms with E-state index < -0.39 is 10.0 Å². The highest BCUT2D eigenvalue weighted by Gasteiger charge is 2.25. The molecule has 0 spiro atoms. The van der Waals surface area contributed by atoms with Gasteiger partial charge in [0.1, 0.15) is 0 Å². The lowest BCUT2D eigenvalue weighted by molar-refractivity contribution is 0.0711. The zero-order valence-electron chi connectivity index (χ0n) is 11.9. The standard InChI is InChI=1S/C14H19BrN2O3S/c1-2-21(19,20)16-13-7-9-17(10-8-13)14(18)11-3-5-12(15)6-4-11/h3-6,13,16H,2,7-10H2,1H3. The van der Waals surface area contributed by atoms with Crippen molar-refractivity contribution >= 4 is 31.9 Å². The first kappa shape index (κ1) is 16.5. The molecule has 116 valence electrons. The van der Waals surface area contributed by atoms with E-state index in [4.69, 9.17) is 0 Å². The van der Waals surface area contributed by atoms with E-state index in [0.717, 1.165) is 4.47 Å². The highest BCUT2D eigenvalue weighted by molar-refractivity contribution is 9.10. The van der Waals surface area contributed by atoms with Crippen molar-refractivity contribution in [3.63, 3.8) is 0 Å². The summed E-state index contributed by atoms with van der Waals surface area (Å²) in [6.07, 6.45) is 1.31. The summed E-state index contributed by atoms with van der Waals surface area (Å²) in [6.45, 7) is 2.77. The molecule has 1 aromatic rings. The van der Waals surface area contributed by atoms with Gasteiger partial charge < -0.3 is 4.90 Å². The summed E-state index contributed by atoms with van der Waals surface area (Å²) in [4.78, 5) is 14.1. The number of carbonyl (C=O) groups is 1. The van der Waals surface area contributed by atoms with E-state index in [9.17, 15) is 13.2 Å². The Labute approximate surface area is 133 Å². The van der Waals surface area contributed by atoms with Gasteiger partial charge in [-0.15, -0.1) is 0 Å². The maximum atomic E-state index is 12.3. The van der Waals surface area contributed by atoms with Crippen LogP contribution in [0, 0.1) is 0 Å².